The van der Waals surface area contributed by atoms with Crippen LogP contribution in [-0.4, -0.2) is 26.0 Å². The summed E-state index contributed by atoms with van der Waals surface area (Å²) in [6.07, 6.45) is 5.09. The predicted molar refractivity (Wildman–Crippen MR) is 90.7 cm³/mol. The molecular formula is C19H20N4. The summed E-state index contributed by atoms with van der Waals surface area (Å²) in [4.78, 5) is 11.8. The van der Waals surface area contributed by atoms with E-state index in [1.807, 2.05) is 24.4 Å². The zero-order valence-electron chi connectivity index (χ0n) is 13.3. The second kappa shape index (κ2) is 5.97. The Morgan fingerprint density at radius 1 is 1.09 bits per heavy atom. The fourth-order valence-corrected chi connectivity index (χ4v) is 3.13. The van der Waals surface area contributed by atoms with Crippen molar-refractivity contribution in [2.45, 2.75) is 19.5 Å². The zero-order valence-corrected chi connectivity index (χ0v) is 13.3. The van der Waals surface area contributed by atoms with Crippen LogP contribution in [0.15, 0.2) is 54.9 Å². The number of aryl methyl sites for hydroxylation is 1. The van der Waals surface area contributed by atoms with E-state index in [0.717, 1.165) is 37.4 Å². The second-order valence-electron chi connectivity index (χ2n) is 6.10. The highest BCUT2D eigenvalue weighted by Gasteiger charge is 2.19. The van der Waals surface area contributed by atoms with Crippen molar-refractivity contribution in [1.82, 2.24) is 19.4 Å². The number of rotatable bonds is 3. The quantitative estimate of drug-likeness (QED) is 0.746. The average Bonchev–Trinajstić information content (AvgIpc) is 3.00. The molecule has 3 aromatic rings. The molecule has 0 bridgehead atoms. The first-order valence-corrected chi connectivity index (χ1v) is 8.02. The predicted octanol–water partition coefficient (Wildman–Crippen LogP) is 3.04. The molecule has 0 aliphatic carbocycles. The van der Waals surface area contributed by atoms with Gasteiger partial charge in [0.2, 0.25) is 0 Å². The Kier molecular flexibility index (Phi) is 3.67. The number of fused-ring (bicyclic) bond motifs is 1. The number of aromatic nitrogens is 3. The van der Waals surface area contributed by atoms with Crippen molar-refractivity contribution in [3.63, 3.8) is 0 Å². The topological polar surface area (TPSA) is 34.0 Å². The molecule has 23 heavy (non-hydrogen) atoms. The van der Waals surface area contributed by atoms with Crippen LogP contribution in [0.2, 0.25) is 0 Å². The third kappa shape index (κ3) is 2.90. The number of nitrogens with zero attached hydrogens (tertiary/aromatic N) is 4. The molecule has 0 unspecified atom stereocenters. The summed E-state index contributed by atoms with van der Waals surface area (Å²) in [5, 5.41) is 0. The Balaban J connectivity index is 1.53. The third-order valence-corrected chi connectivity index (χ3v) is 4.48. The molecule has 0 amide bonds. The molecule has 116 valence electrons. The lowest BCUT2D eigenvalue weighted by Crippen LogP contribution is -2.31. The van der Waals surface area contributed by atoms with Crippen molar-refractivity contribution >= 4 is 0 Å². The Labute approximate surface area is 136 Å². The minimum absolute atomic E-state index is 0.834. The normalized spacial score (nSPS) is 14.7. The maximum absolute atomic E-state index is 4.79. The van der Waals surface area contributed by atoms with Gasteiger partial charge in [-0.3, -0.25) is 4.90 Å². The summed E-state index contributed by atoms with van der Waals surface area (Å²) in [5.74, 6) is 0.834. The fraction of sp³-hybridized carbons (Fsp3) is 0.263. The molecule has 1 aliphatic heterocycles. The molecule has 1 aliphatic rings. The van der Waals surface area contributed by atoms with Crippen LogP contribution < -0.4 is 0 Å². The van der Waals surface area contributed by atoms with Gasteiger partial charge in [-0.25, -0.2) is 9.97 Å². The SMILES string of the molecule is Cn1cccc1CN1CCc2nc(-c3ccccc3)ncc2C1. The summed E-state index contributed by atoms with van der Waals surface area (Å²) in [7, 11) is 2.10. The van der Waals surface area contributed by atoms with Crippen LogP contribution in [0.1, 0.15) is 17.0 Å². The molecule has 0 N–H and O–H groups in total. The largest absolute Gasteiger partial charge is 0.353 e. The van der Waals surface area contributed by atoms with Gasteiger partial charge in [0.1, 0.15) is 0 Å². The molecular weight excluding hydrogens is 284 g/mol. The number of benzene rings is 1. The van der Waals surface area contributed by atoms with Gasteiger partial charge in [0.25, 0.3) is 0 Å². The van der Waals surface area contributed by atoms with Crippen molar-refractivity contribution < 1.29 is 0 Å². The molecule has 4 rings (SSSR count). The van der Waals surface area contributed by atoms with E-state index in [9.17, 15) is 0 Å². The highest BCUT2D eigenvalue weighted by atomic mass is 15.2. The van der Waals surface area contributed by atoms with Gasteiger partial charge in [-0.15, -0.1) is 0 Å². The van der Waals surface area contributed by atoms with Crippen molar-refractivity contribution in [3.8, 4) is 11.4 Å². The van der Waals surface area contributed by atoms with Gasteiger partial charge >= 0.3 is 0 Å². The molecule has 0 saturated heterocycles. The first kappa shape index (κ1) is 14.2. The Bertz CT molecular complexity index is 807. The van der Waals surface area contributed by atoms with Crippen LogP contribution in [0.25, 0.3) is 11.4 Å². The van der Waals surface area contributed by atoms with E-state index in [1.165, 1.54) is 17.0 Å². The summed E-state index contributed by atoms with van der Waals surface area (Å²) in [5.41, 5.74) is 4.88. The Morgan fingerprint density at radius 2 is 1.96 bits per heavy atom. The molecule has 0 fully saturated rings. The minimum atomic E-state index is 0.834. The summed E-state index contributed by atoms with van der Waals surface area (Å²) in [6, 6.07) is 14.5. The molecule has 0 spiro atoms. The first-order chi connectivity index (χ1) is 11.3. The number of hydrogen-bond acceptors (Lipinski definition) is 3. The Hall–Kier alpha value is -2.46. The van der Waals surface area contributed by atoms with Crippen LogP contribution >= 0.6 is 0 Å². The molecule has 4 heteroatoms. The lowest BCUT2D eigenvalue weighted by molar-refractivity contribution is 0.238. The van der Waals surface area contributed by atoms with E-state index < -0.39 is 0 Å². The van der Waals surface area contributed by atoms with Crippen molar-refractivity contribution in [3.05, 3.63) is 71.8 Å². The Morgan fingerprint density at radius 3 is 2.74 bits per heavy atom. The standard InChI is InChI=1S/C19H20N4/c1-22-10-5-8-17(22)14-23-11-9-18-16(13-23)12-20-19(21-18)15-6-3-2-4-7-15/h2-8,10,12H,9,11,13-14H2,1H3. The molecule has 0 radical (unpaired) electrons. The second-order valence-corrected chi connectivity index (χ2v) is 6.10. The van der Waals surface area contributed by atoms with Crippen LogP contribution in [-0.2, 0) is 26.6 Å². The highest BCUT2D eigenvalue weighted by molar-refractivity contribution is 5.54. The monoisotopic (exact) mass is 304 g/mol. The van der Waals surface area contributed by atoms with Gasteiger partial charge in [0.15, 0.2) is 5.82 Å². The van der Waals surface area contributed by atoms with Gasteiger partial charge in [-0.05, 0) is 12.1 Å². The molecule has 3 heterocycles. The van der Waals surface area contributed by atoms with Crippen LogP contribution in [0, 0.1) is 0 Å². The maximum Gasteiger partial charge on any atom is 0.159 e. The first-order valence-electron chi connectivity index (χ1n) is 8.02. The molecule has 1 aromatic carbocycles. The van der Waals surface area contributed by atoms with Crippen molar-refractivity contribution in [2.24, 2.45) is 7.05 Å². The average molecular weight is 304 g/mol. The van der Waals surface area contributed by atoms with E-state index in [-0.39, 0.29) is 0 Å². The summed E-state index contributed by atoms with van der Waals surface area (Å²) < 4.78 is 2.19. The van der Waals surface area contributed by atoms with Crippen LogP contribution in [0.5, 0.6) is 0 Å². The van der Waals surface area contributed by atoms with Gasteiger partial charge in [0, 0.05) is 62.3 Å². The molecule has 0 atom stereocenters. The van der Waals surface area contributed by atoms with Gasteiger partial charge in [-0.1, -0.05) is 30.3 Å². The smallest absolute Gasteiger partial charge is 0.159 e. The summed E-state index contributed by atoms with van der Waals surface area (Å²) >= 11 is 0. The van der Waals surface area contributed by atoms with E-state index in [2.05, 4.69) is 52.0 Å². The lowest BCUT2D eigenvalue weighted by Gasteiger charge is -2.28. The third-order valence-electron chi connectivity index (χ3n) is 4.48. The van der Waals surface area contributed by atoms with Gasteiger partial charge in [-0.2, -0.15) is 0 Å². The van der Waals surface area contributed by atoms with Crippen LogP contribution in [0.4, 0.5) is 0 Å². The fourth-order valence-electron chi connectivity index (χ4n) is 3.13. The molecule has 0 saturated carbocycles. The maximum atomic E-state index is 4.79. The highest BCUT2D eigenvalue weighted by Crippen LogP contribution is 2.22. The van der Waals surface area contributed by atoms with Gasteiger partial charge in [0.05, 0.1) is 5.69 Å². The van der Waals surface area contributed by atoms with Crippen LogP contribution in [0.3, 0.4) is 0 Å². The van der Waals surface area contributed by atoms with E-state index in [0.29, 0.717) is 0 Å². The number of hydrogen-bond donors (Lipinski definition) is 0. The molecule has 4 nitrogen and oxygen atoms in total. The van der Waals surface area contributed by atoms with E-state index >= 15 is 0 Å². The lowest BCUT2D eigenvalue weighted by atomic mass is 10.1. The van der Waals surface area contributed by atoms with E-state index in [4.69, 9.17) is 4.98 Å². The molecule has 2 aromatic heterocycles. The van der Waals surface area contributed by atoms with E-state index in [1.54, 1.807) is 0 Å². The van der Waals surface area contributed by atoms with Gasteiger partial charge < -0.3 is 4.57 Å². The van der Waals surface area contributed by atoms with Crippen molar-refractivity contribution in [2.75, 3.05) is 6.54 Å². The van der Waals surface area contributed by atoms with Crippen molar-refractivity contribution in [1.29, 1.82) is 0 Å². The summed E-state index contributed by atoms with van der Waals surface area (Å²) in [6.45, 7) is 2.95. The minimum Gasteiger partial charge on any atom is -0.353 e. The zero-order chi connectivity index (χ0) is 15.6.